The van der Waals surface area contributed by atoms with Crippen molar-refractivity contribution in [3.05, 3.63) is 29.3 Å². The molecule has 1 fully saturated rings. The van der Waals surface area contributed by atoms with Gasteiger partial charge in [-0.2, -0.15) is 13.2 Å². The number of rotatable bonds is 6. The molecule has 0 radical (unpaired) electrons. The minimum atomic E-state index is -4.37. The minimum Gasteiger partial charge on any atom is -0.497 e. The maximum atomic E-state index is 13.5. The van der Waals surface area contributed by atoms with E-state index in [1.54, 1.807) is 12.1 Å². The average Bonchev–Trinajstić information content (AvgIpc) is 2.55. The van der Waals surface area contributed by atoms with E-state index in [9.17, 15) is 13.2 Å². The first-order valence-electron chi connectivity index (χ1n) is 8.17. The predicted molar refractivity (Wildman–Crippen MR) is 99.2 cm³/mol. The van der Waals surface area contributed by atoms with E-state index in [-0.39, 0.29) is 36.6 Å². The summed E-state index contributed by atoms with van der Waals surface area (Å²) in [5, 5.41) is 3.26. The lowest BCUT2D eigenvalue weighted by atomic mass is 9.93. The Bertz CT molecular complexity index is 509. The Labute approximate surface area is 160 Å². The van der Waals surface area contributed by atoms with Crippen LogP contribution in [0.4, 0.5) is 13.2 Å². The maximum absolute atomic E-state index is 13.5. The topological polar surface area (TPSA) is 24.5 Å². The highest BCUT2D eigenvalue weighted by atomic mass is 35.5. The van der Waals surface area contributed by atoms with E-state index in [0.29, 0.717) is 5.56 Å². The van der Waals surface area contributed by atoms with Crippen LogP contribution < -0.4 is 10.1 Å². The number of piperazine rings is 1. The van der Waals surface area contributed by atoms with Crippen LogP contribution in [0.15, 0.2) is 18.2 Å². The molecule has 3 nitrogen and oxygen atoms in total. The van der Waals surface area contributed by atoms with Gasteiger partial charge in [-0.05, 0) is 24.1 Å². The average molecular weight is 403 g/mol. The number of ether oxygens (including phenoxy) is 1. The first-order chi connectivity index (χ1) is 11.0. The summed E-state index contributed by atoms with van der Waals surface area (Å²) in [5.74, 6) is 0.246. The Morgan fingerprint density at radius 3 is 2.36 bits per heavy atom. The molecule has 1 atom stereocenters. The summed E-state index contributed by atoms with van der Waals surface area (Å²) in [7, 11) is 1.39. The fourth-order valence-corrected chi connectivity index (χ4v) is 3.12. The summed E-state index contributed by atoms with van der Waals surface area (Å²) in [4.78, 5) is 2.17. The second kappa shape index (κ2) is 11.1. The van der Waals surface area contributed by atoms with Crippen molar-refractivity contribution in [2.45, 2.75) is 38.4 Å². The van der Waals surface area contributed by atoms with Crippen LogP contribution in [0.5, 0.6) is 5.75 Å². The molecule has 1 saturated heterocycles. The van der Waals surface area contributed by atoms with E-state index >= 15 is 0 Å². The van der Waals surface area contributed by atoms with Gasteiger partial charge in [0.25, 0.3) is 0 Å². The van der Waals surface area contributed by atoms with Gasteiger partial charge in [0.05, 0.1) is 12.7 Å². The SMILES string of the molecule is CCCC[C@H](c1ccc(OC)cc1C(F)(F)F)N1CCNCC1.Cl.Cl. The fraction of sp³-hybridized carbons (Fsp3) is 0.647. The number of alkyl halides is 3. The summed E-state index contributed by atoms with van der Waals surface area (Å²) in [6, 6.07) is 4.14. The van der Waals surface area contributed by atoms with Gasteiger partial charge in [-0.15, -0.1) is 24.8 Å². The van der Waals surface area contributed by atoms with Gasteiger partial charge in [0.2, 0.25) is 0 Å². The van der Waals surface area contributed by atoms with Gasteiger partial charge in [-0.3, -0.25) is 4.90 Å². The number of benzene rings is 1. The van der Waals surface area contributed by atoms with Crippen molar-refractivity contribution in [2.24, 2.45) is 0 Å². The monoisotopic (exact) mass is 402 g/mol. The number of nitrogens with one attached hydrogen (secondary N) is 1. The standard InChI is InChI=1S/C17H25F3N2O.2ClH/c1-3-4-5-16(22-10-8-21-9-11-22)14-7-6-13(23-2)12-15(14)17(18,19)20;;/h6-7,12,16,21H,3-5,8-11H2,1-2H3;2*1H/t16-;;/m1../s1. The number of halogens is 5. The summed E-state index contributed by atoms with van der Waals surface area (Å²) in [5.41, 5.74) is -0.204. The van der Waals surface area contributed by atoms with Crippen LogP contribution in [-0.2, 0) is 6.18 Å². The third-order valence-corrected chi connectivity index (χ3v) is 4.35. The van der Waals surface area contributed by atoms with Gasteiger partial charge in [-0.25, -0.2) is 0 Å². The van der Waals surface area contributed by atoms with Gasteiger partial charge < -0.3 is 10.1 Å². The minimum absolute atomic E-state index is 0. The van der Waals surface area contributed by atoms with Crippen LogP contribution in [0.3, 0.4) is 0 Å². The molecule has 1 N–H and O–H groups in total. The lowest BCUT2D eigenvalue weighted by Crippen LogP contribution is -2.45. The first-order valence-corrected chi connectivity index (χ1v) is 8.17. The molecular weight excluding hydrogens is 376 g/mol. The molecule has 0 unspecified atom stereocenters. The van der Waals surface area contributed by atoms with Crippen LogP contribution in [0.1, 0.15) is 43.4 Å². The molecule has 8 heteroatoms. The van der Waals surface area contributed by atoms with Crippen molar-refractivity contribution in [1.82, 2.24) is 10.2 Å². The van der Waals surface area contributed by atoms with Gasteiger partial charge in [0.15, 0.2) is 0 Å². The van der Waals surface area contributed by atoms with Crippen molar-refractivity contribution in [3.8, 4) is 5.75 Å². The number of nitrogens with zero attached hydrogens (tertiary/aromatic N) is 1. The third kappa shape index (κ3) is 6.51. The second-order valence-corrected chi connectivity index (χ2v) is 5.89. The molecule has 1 aliphatic rings. The Balaban J connectivity index is 0.00000288. The van der Waals surface area contributed by atoms with Crippen LogP contribution in [-0.4, -0.2) is 38.2 Å². The Morgan fingerprint density at radius 2 is 1.84 bits per heavy atom. The summed E-state index contributed by atoms with van der Waals surface area (Å²) in [6.07, 6.45) is -1.74. The molecular formula is C17H27Cl2F3N2O. The predicted octanol–water partition coefficient (Wildman–Crippen LogP) is 4.69. The molecule has 1 aromatic carbocycles. The smallest absolute Gasteiger partial charge is 0.416 e. The molecule has 0 bridgehead atoms. The third-order valence-electron chi connectivity index (χ3n) is 4.35. The molecule has 25 heavy (non-hydrogen) atoms. The molecule has 0 aliphatic carbocycles. The van der Waals surface area contributed by atoms with Gasteiger partial charge >= 0.3 is 6.18 Å². The molecule has 0 spiro atoms. The van der Waals surface area contributed by atoms with Gasteiger partial charge in [0.1, 0.15) is 5.75 Å². The molecule has 0 aromatic heterocycles. The molecule has 2 rings (SSSR count). The Morgan fingerprint density at radius 1 is 1.20 bits per heavy atom. The molecule has 146 valence electrons. The van der Waals surface area contributed by atoms with E-state index in [2.05, 4.69) is 17.1 Å². The zero-order chi connectivity index (χ0) is 16.9. The number of unbranched alkanes of at least 4 members (excludes halogenated alkanes) is 1. The van der Waals surface area contributed by atoms with Crippen molar-refractivity contribution >= 4 is 24.8 Å². The van der Waals surface area contributed by atoms with E-state index in [1.807, 2.05) is 0 Å². The molecule has 0 saturated carbocycles. The first kappa shape index (κ1) is 24.3. The zero-order valence-corrected chi connectivity index (χ0v) is 16.2. The number of methoxy groups -OCH3 is 1. The lowest BCUT2D eigenvalue weighted by Gasteiger charge is -2.36. The zero-order valence-electron chi connectivity index (χ0n) is 14.6. The highest BCUT2D eigenvalue weighted by molar-refractivity contribution is 5.85. The molecule has 1 aromatic rings. The van der Waals surface area contributed by atoms with Crippen LogP contribution >= 0.6 is 24.8 Å². The summed E-state index contributed by atoms with van der Waals surface area (Å²) >= 11 is 0. The largest absolute Gasteiger partial charge is 0.497 e. The van der Waals surface area contributed by atoms with Gasteiger partial charge in [-0.1, -0.05) is 25.8 Å². The quantitative estimate of drug-likeness (QED) is 0.746. The molecule has 1 aliphatic heterocycles. The summed E-state index contributed by atoms with van der Waals surface area (Å²) < 4.78 is 45.6. The van der Waals surface area contributed by atoms with E-state index < -0.39 is 11.7 Å². The highest BCUT2D eigenvalue weighted by Crippen LogP contribution is 2.40. The van der Waals surface area contributed by atoms with E-state index in [4.69, 9.17) is 4.74 Å². The van der Waals surface area contributed by atoms with Crippen LogP contribution in [0.2, 0.25) is 0 Å². The van der Waals surface area contributed by atoms with Crippen molar-refractivity contribution < 1.29 is 17.9 Å². The highest BCUT2D eigenvalue weighted by Gasteiger charge is 2.37. The second-order valence-electron chi connectivity index (χ2n) is 5.89. The lowest BCUT2D eigenvalue weighted by molar-refractivity contribution is -0.139. The molecule has 0 amide bonds. The van der Waals surface area contributed by atoms with Crippen LogP contribution in [0.25, 0.3) is 0 Å². The van der Waals surface area contributed by atoms with Crippen molar-refractivity contribution in [1.29, 1.82) is 0 Å². The number of hydrogen-bond donors (Lipinski definition) is 1. The van der Waals surface area contributed by atoms with Gasteiger partial charge in [0, 0.05) is 32.2 Å². The van der Waals surface area contributed by atoms with Crippen molar-refractivity contribution in [3.63, 3.8) is 0 Å². The normalized spacial score (nSPS) is 16.5. The molecule has 1 heterocycles. The van der Waals surface area contributed by atoms with E-state index in [1.165, 1.54) is 7.11 Å². The summed E-state index contributed by atoms with van der Waals surface area (Å²) in [6.45, 7) is 5.25. The van der Waals surface area contributed by atoms with Crippen LogP contribution in [0, 0.1) is 0 Å². The number of hydrogen-bond acceptors (Lipinski definition) is 3. The Hall–Kier alpha value is -0.690. The van der Waals surface area contributed by atoms with E-state index in [0.717, 1.165) is 51.5 Å². The fourth-order valence-electron chi connectivity index (χ4n) is 3.12. The maximum Gasteiger partial charge on any atom is 0.416 e. The Kier molecular flexibility index (Phi) is 10.8. The van der Waals surface area contributed by atoms with Crippen molar-refractivity contribution in [2.75, 3.05) is 33.3 Å².